The van der Waals surface area contributed by atoms with Gasteiger partial charge in [-0.1, -0.05) is 30.3 Å². The van der Waals surface area contributed by atoms with Gasteiger partial charge in [0, 0.05) is 43.8 Å². The van der Waals surface area contributed by atoms with Gasteiger partial charge in [-0.05, 0) is 24.6 Å². The maximum atomic E-state index is 12.0. The Balaban J connectivity index is 1.61. The van der Waals surface area contributed by atoms with E-state index in [2.05, 4.69) is 32.0 Å². The molecule has 24 heavy (non-hydrogen) atoms. The Morgan fingerprint density at radius 3 is 2.71 bits per heavy atom. The monoisotopic (exact) mass is 320 g/mol. The fourth-order valence-corrected chi connectivity index (χ4v) is 2.58. The summed E-state index contributed by atoms with van der Waals surface area (Å²) in [6, 6.07) is 13.8. The van der Waals surface area contributed by atoms with E-state index in [1.165, 1.54) is 5.56 Å². The normalized spacial score (nSPS) is 10.5. The maximum Gasteiger partial charge on any atom is 0.252 e. The predicted octanol–water partition coefficient (Wildman–Crippen LogP) is 2.61. The molecule has 122 valence electrons. The molecule has 1 amide bonds. The van der Waals surface area contributed by atoms with E-state index in [0.29, 0.717) is 18.5 Å². The number of nitrogens with zero attached hydrogens (tertiary/aromatic N) is 3. The van der Waals surface area contributed by atoms with Crippen LogP contribution in [-0.4, -0.2) is 27.0 Å². The first-order valence-electron chi connectivity index (χ1n) is 7.97. The molecule has 3 aromatic rings. The van der Waals surface area contributed by atoms with Crippen LogP contribution in [0.3, 0.4) is 0 Å². The Hall–Kier alpha value is -2.95. The standard InChI is InChI=1S/C19H20N4O/c1-15-12-22-18(23(15)14-16-6-3-2-4-7-16)9-11-21-19(24)17-8-5-10-20-13-17/h2-8,10,12-13H,9,11,14H2,1H3,(H,21,24). The van der Waals surface area contributed by atoms with Crippen LogP contribution in [0.25, 0.3) is 0 Å². The fraction of sp³-hybridized carbons (Fsp3) is 0.211. The van der Waals surface area contributed by atoms with Gasteiger partial charge in [-0.25, -0.2) is 4.98 Å². The molecule has 5 heteroatoms. The highest BCUT2D eigenvalue weighted by atomic mass is 16.1. The van der Waals surface area contributed by atoms with Crippen molar-refractivity contribution < 1.29 is 4.79 Å². The predicted molar refractivity (Wildman–Crippen MR) is 92.8 cm³/mol. The highest BCUT2D eigenvalue weighted by Crippen LogP contribution is 2.10. The van der Waals surface area contributed by atoms with Crippen molar-refractivity contribution in [1.82, 2.24) is 19.9 Å². The topological polar surface area (TPSA) is 59.8 Å². The summed E-state index contributed by atoms with van der Waals surface area (Å²) < 4.78 is 2.19. The Bertz CT molecular complexity index is 797. The van der Waals surface area contributed by atoms with E-state index in [4.69, 9.17) is 0 Å². The van der Waals surface area contributed by atoms with Gasteiger partial charge >= 0.3 is 0 Å². The largest absolute Gasteiger partial charge is 0.352 e. The van der Waals surface area contributed by atoms with Crippen LogP contribution in [0.2, 0.25) is 0 Å². The fourth-order valence-electron chi connectivity index (χ4n) is 2.58. The van der Waals surface area contributed by atoms with Gasteiger partial charge in [0.2, 0.25) is 0 Å². The summed E-state index contributed by atoms with van der Waals surface area (Å²) in [6.45, 7) is 3.38. The van der Waals surface area contributed by atoms with Gasteiger partial charge in [-0.15, -0.1) is 0 Å². The molecule has 0 fully saturated rings. The third kappa shape index (κ3) is 3.87. The van der Waals surface area contributed by atoms with Crippen molar-refractivity contribution in [2.75, 3.05) is 6.54 Å². The lowest BCUT2D eigenvalue weighted by Gasteiger charge is -2.11. The van der Waals surface area contributed by atoms with Crippen molar-refractivity contribution in [1.29, 1.82) is 0 Å². The third-order valence-electron chi connectivity index (χ3n) is 3.88. The van der Waals surface area contributed by atoms with E-state index in [0.717, 1.165) is 18.1 Å². The summed E-state index contributed by atoms with van der Waals surface area (Å²) in [6.07, 6.45) is 5.78. The zero-order valence-electron chi connectivity index (χ0n) is 13.6. The molecule has 0 aliphatic carbocycles. The molecular weight excluding hydrogens is 300 g/mol. The number of rotatable bonds is 6. The molecule has 0 bridgehead atoms. The minimum absolute atomic E-state index is 0.110. The number of imidazole rings is 1. The van der Waals surface area contributed by atoms with Crippen molar-refractivity contribution in [3.63, 3.8) is 0 Å². The minimum Gasteiger partial charge on any atom is -0.352 e. The zero-order chi connectivity index (χ0) is 16.8. The molecule has 0 spiro atoms. The summed E-state index contributed by atoms with van der Waals surface area (Å²) in [7, 11) is 0. The molecule has 1 aromatic carbocycles. The smallest absolute Gasteiger partial charge is 0.252 e. The van der Waals surface area contributed by atoms with Crippen LogP contribution in [0.1, 0.15) is 27.4 Å². The minimum atomic E-state index is -0.110. The number of aryl methyl sites for hydroxylation is 1. The molecule has 0 saturated heterocycles. The lowest BCUT2D eigenvalue weighted by molar-refractivity contribution is 0.0953. The second kappa shape index (κ2) is 7.55. The van der Waals surface area contributed by atoms with Crippen molar-refractivity contribution in [2.45, 2.75) is 19.9 Å². The second-order valence-electron chi connectivity index (χ2n) is 5.64. The molecule has 3 rings (SSSR count). The van der Waals surface area contributed by atoms with Crippen LogP contribution in [0.4, 0.5) is 0 Å². The maximum absolute atomic E-state index is 12.0. The summed E-state index contributed by atoms with van der Waals surface area (Å²) in [5.74, 6) is 0.865. The number of amides is 1. The number of carbonyl (C=O) groups excluding carboxylic acids is 1. The third-order valence-corrected chi connectivity index (χ3v) is 3.88. The average molecular weight is 320 g/mol. The van der Waals surface area contributed by atoms with E-state index in [1.54, 1.807) is 24.5 Å². The number of benzene rings is 1. The summed E-state index contributed by atoms with van der Waals surface area (Å²) >= 11 is 0. The van der Waals surface area contributed by atoms with Crippen LogP contribution in [-0.2, 0) is 13.0 Å². The van der Waals surface area contributed by atoms with Crippen LogP contribution in [0, 0.1) is 6.92 Å². The van der Waals surface area contributed by atoms with Crippen molar-refractivity contribution in [2.24, 2.45) is 0 Å². The van der Waals surface area contributed by atoms with E-state index in [1.807, 2.05) is 31.3 Å². The van der Waals surface area contributed by atoms with Crippen LogP contribution >= 0.6 is 0 Å². The molecule has 0 aliphatic rings. The lowest BCUT2D eigenvalue weighted by Crippen LogP contribution is -2.26. The molecule has 0 radical (unpaired) electrons. The number of aromatic nitrogens is 3. The number of pyridine rings is 1. The van der Waals surface area contributed by atoms with Crippen LogP contribution in [0.5, 0.6) is 0 Å². The van der Waals surface area contributed by atoms with Gasteiger partial charge in [0.25, 0.3) is 5.91 Å². The summed E-state index contributed by atoms with van der Waals surface area (Å²) in [5, 5.41) is 2.92. The first kappa shape index (κ1) is 15.9. The Labute approximate surface area is 141 Å². The first-order valence-corrected chi connectivity index (χ1v) is 7.97. The van der Waals surface area contributed by atoms with Crippen molar-refractivity contribution in [3.05, 3.63) is 83.7 Å². The van der Waals surface area contributed by atoms with Crippen LogP contribution < -0.4 is 5.32 Å². The van der Waals surface area contributed by atoms with E-state index in [9.17, 15) is 4.79 Å². The summed E-state index contributed by atoms with van der Waals surface area (Å²) in [5.41, 5.74) is 2.92. The van der Waals surface area contributed by atoms with Gasteiger partial charge in [-0.3, -0.25) is 9.78 Å². The Kier molecular flexibility index (Phi) is 5.01. The van der Waals surface area contributed by atoms with E-state index < -0.39 is 0 Å². The quantitative estimate of drug-likeness (QED) is 0.759. The molecule has 5 nitrogen and oxygen atoms in total. The zero-order valence-corrected chi connectivity index (χ0v) is 13.6. The first-order chi connectivity index (χ1) is 11.7. The van der Waals surface area contributed by atoms with Gasteiger partial charge in [0.15, 0.2) is 0 Å². The molecule has 0 atom stereocenters. The number of hydrogen-bond acceptors (Lipinski definition) is 3. The molecule has 2 aromatic heterocycles. The molecular formula is C19H20N4O. The van der Waals surface area contributed by atoms with Crippen molar-refractivity contribution in [3.8, 4) is 0 Å². The SMILES string of the molecule is Cc1cnc(CCNC(=O)c2cccnc2)n1Cc1ccccc1. The molecule has 2 heterocycles. The van der Waals surface area contributed by atoms with Gasteiger partial charge in [0.05, 0.1) is 5.56 Å². The van der Waals surface area contributed by atoms with Gasteiger partial charge in [-0.2, -0.15) is 0 Å². The Morgan fingerprint density at radius 1 is 1.12 bits per heavy atom. The van der Waals surface area contributed by atoms with Crippen molar-refractivity contribution >= 4 is 5.91 Å². The van der Waals surface area contributed by atoms with E-state index >= 15 is 0 Å². The highest BCUT2D eigenvalue weighted by Gasteiger charge is 2.09. The number of carbonyl (C=O) groups is 1. The van der Waals surface area contributed by atoms with E-state index in [-0.39, 0.29) is 5.91 Å². The molecule has 1 N–H and O–H groups in total. The Morgan fingerprint density at radius 2 is 1.96 bits per heavy atom. The summed E-state index contributed by atoms with van der Waals surface area (Å²) in [4.78, 5) is 20.5. The van der Waals surface area contributed by atoms with Gasteiger partial charge < -0.3 is 9.88 Å². The molecule has 0 aliphatic heterocycles. The number of nitrogens with one attached hydrogen (secondary N) is 1. The highest BCUT2D eigenvalue weighted by molar-refractivity contribution is 5.93. The molecule has 0 saturated carbocycles. The van der Waals surface area contributed by atoms with Gasteiger partial charge in [0.1, 0.15) is 5.82 Å². The lowest BCUT2D eigenvalue weighted by atomic mass is 10.2. The molecule has 0 unspecified atom stereocenters. The van der Waals surface area contributed by atoms with Crippen LogP contribution in [0.15, 0.2) is 61.1 Å². The average Bonchev–Trinajstić information content (AvgIpc) is 2.97. The second-order valence-corrected chi connectivity index (χ2v) is 5.64. The number of hydrogen-bond donors (Lipinski definition) is 1.